The van der Waals surface area contributed by atoms with Crippen LogP contribution in [-0.2, 0) is 13.1 Å². The van der Waals surface area contributed by atoms with Crippen molar-refractivity contribution in [3.8, 4) is 17.1 Å². The molecule has 5 rings (SSSR count). The van der Waals surface area contributed by atoms with Crippen molar-refractivity contribution < 1.29 is 17.9 Å². The first-order valence-corrected chi connectivity index (χ1v) is 11.5. The van der Waals surface area contributed by atoms with Gasteiger partial charge < -0.3 is 14.5 Å². The third kappa shape index (κ3) is 4.53. The number of hydrogen-bond donors (Lipinski definition) is 0. The Balaban J connectivity index is 1.35. The molecule has 1 aromatic carbocycles. The lowest BCUT2D eigenvalue weighted by molar-refractivity contribution is -0.113. The van der Waals surface area contributed by atoms with Crippen LogP contribution in [0.2, 0.25) is 0 Å². The van der Waals surface area contributed by atoms with Gasteiger partial charge in [-0.15, -0.1) is 0 Å². The third-order valence-corrected chi connectivity index (χ3v) is 6.51. The van der Waals surface area contributed by atoms with Crippen molar-refractivity contribution in [2.45, 2.75) is 19.3 Å². The zero-order valence-corrected chi connectivity index (χ0v) is 19.9. The highest BCUT2D eigenvalue weighted by molar-refractivity contribution is 5.84. The van der Waals surface area contributed by atoms with Crippen LogP contribution >= 0.6 is 0 Å². The van der Waals surface area contributed by atoms with Gasteiger partial charge in [-0.05, 0) is 29.3 Å². The van der Waals surface area contributed by atoms with E-state index in [1.54, 1.807) is 18.0 Å². The standard InChI is InChI=1S/C25H26F3N7O/c1-17(25(26,27)28)33-10-8-32(9-11-33)14-20-12-22-23(29-13-20)34(18(2)35-24(22)30-16-31-35)15-19-4-6-21(36-3)7-5-19/h4-7,12-13,16H,1-2,8-11,14-15H2,3H3. The number of aromatic nitrogens is 4. The number of rotatable bonds is 6. The Bertz CT molecular complexity index is 1280. The molecule has 1 fully saturated rings. The van der Waals surface area contributed by atoms with Crippen molar-refractivity contribution >= 4 is 11.6 Å². The summed E-state index contributed by atoms with van der Waals surface area (Å²) < 4.78 is 45.9. The van der Waals surface area contributed by atoms with Crippen LogP contribution < -0.4 is 9.64 Å². The molecule has 3 aromatic rings. The van der Waals surface area contributed by atoms with Crippen molar-refractivity contribution in [2.75, 3.05) is 38.2 Å². The first kappa shape index (κ1) is 23.9. The summed E-state index contributed by atoms with van der Waals surface area (Å²) in [6, 6.07) is 9.82. The van der Waals surface area contributed by atoms with Gasteiger partial charge in [0.05, 0.1) is 19.2 Å². The van der Waals surface area contributed by atoms with Crippen LogP contribution in [0.3, 0.4) is 0 Å². The van der Waals surface area contributed by atoms with Crippen LogP contribution in [-0.4, -0.2) is 69.0 Å². The lowest BCUT2D eigenvalue weighted by atomic mass is 10.1. The quantitative estimate of drug-likeness (QED) is 0.510. The van der Waals surface area contributed by atoms with Crippen LogP contribution in [0.5, 0.6) is 5.75 Å². The summed E-state index contributed by atoms with van der Waals surface area (Å²) in [5, 5.41) is 4.35. The van der Waals surface area contributed by atoms with Gasteiger partial charge in [0.1, 0.15) is 29.4 Å². The van der Waals surface area contributed by atoms with Crippen molar-refractivity contribution in [2.24, 2.45) is 0 Å². The number of alkyl halides is 3. The summed E-state index contributed by atoms with van der Waals surface area (Å²) >= 11 is 0. The van der Waals surface area contributed by atoms with Gasteiger partial charge in [-0.2, -0.15) is 23.0 Å². The predicted octanol–water partition coefficient (Wildman–Crippen LogP) is 3.99. The molecule has 4 heterocycles. The van der Waals surface area contributed by atoms with Gasteiger partial charge in [0.15, 0.2) is 5.82 Å². The van der Waals surface area contributed by atoms with E-state index in [0.29, 0.717) is 37.8 Å². The largest absolute Gasteiger partial charge is 0.497 e. The smallest absolute Gasteiger partial charge is 0.430 e. The average Bonchev–Trinajstić information content (AvgIpc) is 3.37. The average molecular weight is 498 g/mol. The normalized spacial score (nSPS) is 16.1. The second kappa shape index (κ2) is 9.30. The lowest BCUT2D eigenvalue weighted by Crippen LogP contribution is -2.47. The van der Waals surface area contributed by atoms with Gasteiger partial charge in [-0.3, -0.25) is 4.90 Å². The van der Waals surface area contributed by atoms with Gasteiger partial charge >= 0.3 is 6.18 Å². The van der Waals surface area contributed by atoms with E-state index in [2.05, 4.69) is 28.1 Å². The molecule has 11 heteroatoms. The number of pyridine rings is 1. The maximum Gasteiger partial charge on any atom is 0.430 e. The van der Waals surface area contributed by atoms with Crippen molar-refractivity contribution in [3.05, 3.63) is 72.8 Å². The number of benzene rings is 1. The molecule has 0 amide bonds. The van der Waals surface area contributed by atoms with Crippen LogP contribution in [0.25, 0.3) is 17.2 Å². The minimum Gasteiger partial charge on any atom is -0.497 e. The molecule has 0 N–H and O–H groups in total. The fraction of sp³-hybridized carbons (Fsp3) is 0.320. The summed E-state index contributed by atoms with van der Waals surface area (Å²) in [6.07, 6.45) is -1.11. The minimum atomic E-state index is -4.40. The summed E-state index contributed by atoms with van der Waals surface area (Å²) in [7, 11) is 1.63. The van der Waals surface area contributed by atoms with E-state index in [-0.39, 0.29) is 13.1 Å². The highest BCUT2D eigenvalue weighted by atomic mass is 19.4. The number of ether oxygens (including phenoxy) is 1. The molecule has 0 unspecified atom stereocenters. The fourth-order valence-electron chi connectivity index (χ4n) is 4.51. The molecule has 0 spiro atoms. The molecule has 8 nitrogen and oxygen atoms in total. The Kier molecular flexibility index (Phi) is 6.17. The summed E-state index contributed by atoms with van der Waals surface area (Å²) in [5.41, 5.74) is 2.04. The van der Waals surface area contributed by atoms with Gasteiger partial charge in [-0.25, -0.2) is 9.97 Å². The molecular weight excluding hydrogens is 471 g/mol. The van der Waals surface area contributed by atoms with Crippen molar-refractivity contribution in [1.29, 1.82) is 0 Å². The summed E-state index contributed by atoms with van der Waals surface area (Å²) in [6.45, 7) is 10.1. The molecule has 2 aliphatic heterocycles. The molecule has 0 bridgehead atoms. The molecule has 1 saturated heterocycles. The summed E-state index contributed by atoms with van der Waals surface area (Å²) in [5.74, 6) is 2.81. The Labute approximate surface area is 206 Å². The molecule has 2 aromatic heterocycles. The monoisotopic (exact) mass is 497 g/mol. The van der Waals surface area contributed by atoms with E-state index in [0.717, 1.165) is 28.3 Å². The van der Waals surface area contributed by atoms with Crippen LogP contribution in [0.4, 0.5) is 19.0 Å². The molecule has 0 aliphatic carbocycles. The van der Waals surface area contributed by atoms with E-state index in [9.17, 15) is 13.2 Å². The number of allylic oxidation sites excluding steroid dienone is 1. The van der Waals surface area contributed by atoms with E-state index < -0.39 is 11.9 Å². The van der Waals surface area contributed by atoms with Crippen LogP contribution in [0.15, 0.2) is 61.7 Å². The molecule has 188 valence electrons. The number of nitrogens with zero attached hydrogens (tertiary/aromatic N) is 7. The first-order chi connectivity index (χ1) is 17.2. The van der Waals surface area contributed by atoms with Gasteiger partial charge in [0.25, 0.3) is 0 Å². The molecule has 0 saturated carbocycles. The van der Waals surface area contributed by atoms with E-state index >= 15 is 0 Å². The maximum absolute atomic E-state index is 13.0. The third-order valence-electron chi connectivity index (χ3n) is 6.51. The van der Waals surface area contributed by atoms with E-state index in [4.69, 9.17) is 9.72 Å². The van der Waals surface area contributed by atoms with Gasteiger partial charge in [0.2, 0.25) is 0 Å². The Morgan fingerprint density at radius 1 is 1.03 bits per heavy atom. The molecule has 0 radical (unpaired) electrons. The van der Waals surface area contributed by atoms with Crippen LogP contribution in [0.1, 0.15) is 11.1 Å². The van der Waals surface area contributed by atoms with Crippen molar-refractivity contribution in [3.63, 3.8) is 0 Å². The molecular formula is C25H26F3N7O. The Morgan fingerprint density at radius 3 is 2.42 bits per heavy atom. The number of halogens is 3. The number of fused-ring (bicyclic) bond motifs is 3. The highest BCUT2D eigenvalue weighted by Gasteiger charge is 2.37. The number of methoxy groups -OCH3 is 1. The minimum absolute atomic E-state index is 0.278. The van der Waals surface area contributed by atoms with Gasteiger partial charge in [-0.1, -0.05) is 25.3 Å². The second-order valence-corrected chi connectivity index (χ2v) is 8.77. The van der Waals surface area contributed by atoms with E-state index in [1.807, 2.05) is 35.2 Å². The lowest BCUT2D eigenvalue weighted by Gasteiger charge is -2.37. The number of hydrogen-bond acceptors (Lipinski definition) is 7. The number of anilines is 1. The molecule has 2 aliphatic rings. The second-order valence-electron chi connectivity index (χ2n) is 8.77. The first-order valence-electron chi connectivity index (χ1n) is 11.5. The number of piperazine rings is 1. The van der Waals surface area contributed by atoms with Gasteiger partial charge in [0, 0.05) is 38.9 Å². The van der Waals surface area contributed by atoms with Crippen LogP contribution in [0, 0.1) is 0 Å². The summed E-state index contributed by atoms with van der Waals surface area (Å²) in [4.78, 5) is 14.6. The highest BCUT2D eigenvalue weighted by Crippen LogP contribution is 2.38. The zero-order chi connectivity index (χ0) is 25.4. The topological polar surface area (TPSA) is 62.6 Å². The van der Waals surface area contributed by atoms with Crippen molar-refractivity contribution in [1.82, 2.24) is 29.5 Å². The molecule has 0 atom stereocenters. The van der Waals surface area contributed by atoms with E-state index in [1.165, 1.54) is 11.2 Å². The zero-order valence-electron chi connectivity index (χ0n) is 19.9. The molecule has 36 heavy (non-hydrogen) atoms. The Morgan fingerprint density at radius 2 is 1.75 bits per heavy atom. The Hall–Kier alpha value is -3.86. The SMILES string of the molecule is C=C1N(Cc2ccc(OC)cc2)c2ncc(CN3CCN(C(=C)C(F)(F)F)CC3)cc2-c2ncnn21. The fourth-order valence-corrected chi connectivity index (χ4v) is 4.51. The predicted molar refractivity (Wildman–Crippen MR) is 130 cm³/mol. The maximum atomic E-state index is 13.0.